The zero-order valence-corrected chi connectivity index (χ0v) is 11.3. The molecule has 5 heteroatoms. The van der Waals surface area contributed by atoms with Crippen LogP contribution in [0.4, 0.5) is 0 Å². The summed E-state index contributed by atoms with van der Waals surface area (Å²) in [6, 6.07) is 6.54. The summed E-state index contributed by atoms with van der Waals surface area (Å²) in [6.45, 7) is 0. The molecule has 4 nitrogen and oxygen atoms in total. The molecule has 0 saturated carbocycles. The molecule has 78 valence electrons. The Labute approximate surface area is 92.2 Å². The number of carbonyl (C=O) groups is 2. The summed E-state index contributed by atoms with van der Waals surface area (Å²) in [5.41, 5.74) is 0.592. The van der Waals surface area contributed by atoms with Crippen molar-refractivity contribution in [2.45, 2.75) is 9.88 Å². The zero-order chi connectivity index (χ0) is 11.1. The van der Waals surface area contributed by atoms with Crippen LogP contribution in [0.3, 0.4) is 0 Å². The van der Waals surface area contributed by atoms with Crippen LogP contribution in [0.5, 0.6) is 0 Å². The standard InChI is InChI=1S/C8H6O4.2CH3.Sn/c9-7(10)5-3-1-2-4-6(5)8(11)12;;;/h1-4H,(H,9,10)(H,11,12);2*1H3;/q;;;+2/p-2. The van der Waals surface area contributed by atoms with Crippen LogP contribution in [0.25, 0.3) is 0 Å². The van der Waals surface area contributed by atoms with E-state index in [0.717, 1.165) is 0 Å². The van der Waals surface area contributed by atoms with Gasteiger partial charge in [0, 0.05) is 0 Å². The third-order valence-corrected chi connectivity index (χ3v) is 5.91. The van der Waals surface area contributed by atoms with E-state index in [9.17, 15) is 9.59 Å². The first-order valence-corrected chi connectivity index (χ1v) is 12.6. The predicted molar refractivity (Wildman–Crippen MR) is 54.8 cm³/mol. The molecule has 0 fully saturated rings. The van der Waals surface area contributed by atoms with E-state index in [1.807, 2.05) is 0 Å². The Kier molecular flexibility index (Phi) is 2.46. The van der Waals surface area contributed by atoms with Gasteiger partial charge in [0.1, 0.15) is 0 Å². The van der Waals surface area contributed by atoms with Crippen molar-refractivity contribution in [2.75, 3.05) is 0 Å². The molecular weight excluding hydrogens is 303 g/mol. The van der Waals surface area contributed by atoms with Gasteiger partial charge in [0.05, 0.1) is 0 Å². The number of rotatable bonds is 0. The van der Waals surface area contributed by atoms with Gasteiger partial charge in [0.25, 0.3) is 0 Å². The first-order valence-electron chi connectivity index (χ1n) is 4.55. The zero-order valence-electron chi connectivity index (χ0n) is 8.44. The Bertz CT molecular complexity index is 400. The number of hydrogen-bond donors (Lipinski definition) is 0. The van der Waals surface area contributed by atoms with Crippen molar-refractivity contribution in [3.63, 3.8) is 0 Å². The Morgan fingerprint density at radius 2 is 1.33 bits per heavy atom. The fourth-order valence-corrected chi connectivity index (χ4v) is 4.71. The Balaban J connectivity index is 2.55. The van der Waals surface area contributed by atoms with Crippen molar-refractivity contribution < 1.29 is 15.7 Å². The number of hydrogen-bond acceptors (Lipinski definition) is 4. The second-order valence-corrected chi connectivity index (χ2v) is 12.9. The maximum absolute atomic E-state index is 11.7. The van der Waals surface area contributed by atoms with Crippen LogP contribution in [0.2, 0.25) is 9.88 Å². The molecule has 0 N–H and O–H groups in total. The van der Waals surface area contributed by atoms with Gasteiger partial charge >= 0.3 is 92.2 Å². The van der Waals surface area contributed by atoms with Crippen LogP contribution in [0.1, 0.15) is 20.7 Å². The van der Waals surface area contributed by atoms with Gasteiger partial charge < -0.3 is 0 Å². The molecule has 0 spiro atoms. The minimum absolute atomic E-state index is 0.296. The van der Waals surface area contributed by atoms with E-state index in [1.54, 1.807) is 34.1 Å². The molecule has 0 aromatic heterocycles. The summed E-state index contributed by atoms with van der Waals surface area (Å²) in [4.78, 5) is 26.8. The summed E-state index contributed by atoms with van der Waals surface area (Å²) >= 11 is -3.41. The van der Waals surface area contributed by atoms with E-state index in [2.05, 4.69) is 0 Å². The summed E-state index contributed by atoms with van der Waals surface area (Å²) in [7, 11) is 0. The average Bonchev–Trinajstić information content (AvgIpc) is 2.23. The van der Waals surface area contributed by atoms with Crippen molar-refractivity contribution in [3.05, 3.63) is 35.4 Å². The Morgan fingerprint density at radius 3 is 1.73 bits per heavy atom. The third-order valence-electron chi connectivity index (χ3n) is 2.04. The minimum atomic E-state index is -3.41. The second-order valence-electron chi connectivity index (χ2n) is 3.72. The van der Waals surface area contributed by atoms with Crippen LogP contribution in [0, 0.1) is 0 Å². The van der Waals surface area contributed by atoms with Gasteiger partial charge in [0.2, 0.25) is 0 Å². The molecule has 0 aliphatic carbocycles. The average molecular weight is 313 g/mol. The number of benzene rings is 1. The Hall–Kier alpha value is -1.04. The van der Waals surface area contributed by atoms with E-state index in [0.29, 0.717) is 11.1 Å². The molecule has 0 saturated heterocycles. The normalized spacial score (nSPS) is 18.5. The quantitative estimate of drug-likeness (QED) is 0.684. The molecule has 0 radical (unpaired) electrons. The van der Waals surface area contributed by atoms with Crippen molar-refractivity contribution >= 4 is 31.1 Å². The molecule has 15 heavy (non-hydrogen) atoms. The molecule has 1 aromatic carbocycles. The molecule has 1 aliphatic heterocycles. The van der Waals surface area contributed by atoms with Crippen molar-refractivity contribution in [1.29, 1.82) is 0 Å². The summed E-state index contributed by atoms with van der Waals surface area (Å²) in [5.74, 6) is -0.894. The van der Waals surface area contributed by atoms with E-state index in [4.69, 9.17) is 6.15 Å². The monoisotopic (exact) mass is 314 g/mol. The number of carbonyl (C=O) groups excluding carboxylic acids is 2. The SMILES string of the molecule is [CH3][Sn]1([CH3])[O]C(=O)c2ccccc2C(=O)[O]1. The van der Waals surface area contributed by atoms with Crippen molar-refractivity contribution in [1.82, 2.24) is 0 Å². The molecule has 0 bridgehead atoms. The maximum atomic E-state index is 11.7. The molecule has 2 rings (SSSR count). The summed E-state index contributed by atoms with van der Waals surface area (Å²) in [5, 5.41) is 0. The second kappa shape index (κ2) is 3.52. The van der Waals surface area contributed by atoms with Gasteiger partial charge in [-0.25, -0.2) is 0 Å². The van der Waals surface area contributed by atoms with Crippen molar-refractivity contribution in [2.24, 2.45) is 0 Å². The van der Waals surface area contributed by atoms with E-state index >= 15 is 0 Å². The van der Waals surface area contributed by atoms with Crippen LogP contribution < -0.4 is 0 Å². The van der Waals surface area contributed by atoms with Crippen LogP contribution in [0.15, 0.2) is 24.3 Å². The number of fused-ring (bicyclic) bond motifs is 1. The first kappa shape index (κ1) is 10.5. The van der Waals surface area contributed by atoms with Gasteiger partial charge in [0.15, 0.2) is 0 Å². The van der Waals surface area contributed by atoms with Gasteiger partial charge in [-0.05, 0) is 0 Å². The van der Waals surface area contributed by atoms with Gasteiger partial charge in [-0.2, -0.15) is 0 Å². The molecule has 1 aliphatic rings. The molecule has 1 heterocycles. The van der Waals surface area contributed by atoms with Gasteiger partial charge in [-0.15, -0.1) is 0 Å². The van der Waals surface area contributed by atoms with Crippen LogP contribution >= 0.6 is 0 Å². The van der Waals surface area contributed by atoms with E-state index < -0.39 is 31.1 Å². The molecule has 0 atom stereocenters. The topological polar surface area (TPSA) is 52.6 Å². The van der Waals surface area contributed by atoms with Gasteiger partial charge in [-0.1, -0.05) is 0 Å². The molecule has 0 amide bonds. The fourth-order valence-electron chi connectivity index (χ4n) is 1.42. The summed E-state index contributed by atoms with van der Waals surface area (Å²) in [6.07, 6.45) is 0. The molecule has 1 aromatic rings. The molecule has 0 unspecified atom stereocenters. The predicted octanol–water partition coefficient (Wildman–Crippen LogP) is 1.72. The first-order chi connectivity index (χ1) is 6.99. The van der Waals surface area contributed by atoms with Crippen LogP contribution in [-0.4, -0.2) is 31.1 Å². The molecular formula is C10H10O4Sn. The third kappa shape index (κ3) is 1.99. The summed E-state index contributed by atoms with van der Waals surface area (Å²) < 4.78 is 10.4. The van der Waals surface area contributed by atoms with Crippen molar-refractivity contribution in [3.8, 4) is 0 Å². The van der Waals surface area contributed by atoms with Gasteiger partial charge in [-0.3, -0.25) is 0 Å². The van der Waals surface area contributed by atoms with E-state index in [1.165, 1.54) is 0 Å². The van der Waals surface area contributed by atoms with Crippen LogP contribution in [-0.2, 0) is 6.15 Å². The Morgan fingerprint density at radius 1 is 0.933 bits per heavy atom. The van der Waals surface area contributed by atoms with E-state index in [-0.39, 0.29) is 0 Å². The fraction of sp³-hybridized carbons (Fsp3) is 0.200.